The molecule has 0 aliphatic carbocycles. The summed E-state index contributed by atoms with van der Waals surface area (Å²) >= 11 is 0. The molecule has 0 aliphatic heterocycles. The lowest BCUT2D eigenvalue weighted by molar-refractivity contribution is 0.307. The van der Waals surface area contributed by atoms with Crippen molar-refractivity contribution in [2.75, 3.05) is 0 Å². The van der Waals surface area contributed by atoms with E-state index in [-0.39, 0.29) is 12.4 Å². The van der Waals surface area contributed by atoms with Gasteiger partial charge >= 0.3 is 7.12 Å². The average molecular weight is 296 g/mol. The normalized spacial score (nSPS) is 10.7. The largest absolute Gasteiger partial charge is 0.489 e. The lowest BCUT2D eigenvalue weighted by Crippen LogP contribution is -2.31. The van der Waals surface area contributed by atoms with Gasteiger partial charge in [0.05, 0.1) is 0 Å². The molecule has 3 nitrogen and oxygen atoms in total. The van der Waals surface area contributed by atoms with Crippen LogP contribution in [0.1, 0.15) is 5.56 Å². The molecule has 110 valence electrons. The van der Waals surface area contributed by atoms with Gasteiger partial charge in [0.15, 0.2) is 0 Å². The topological polar surface area (TPSA) is 49.7 Å². The third-order valence-corrected chi connectivity index (χ3v) is 3.51. The van der Waals surface area contributed by atoms with E-state index in [9.17, 15) is 14.4 Å². The Morgan fingerprint density at radius 2 is 1.59 bits per heavy atom. The van der Waals surface area contributed by atoms with Crippen molar-refractivity contribution in [3.8, 4) is 5.75 Å². The van der Waals surface area contributed by atoms with Gasteiger partial charge in [0.2, 0.25) is 0 Å². The third kappa shape index (κ3) is 2.96. The molecule has 3 rings (SSSR count). The monoisotopic (exact) mass is 296 g/mol. The summed E-state index contributed by atoms with van der Waals surface area (Å²) in [6.45, 7) is 0.257. The zero-order valence-corrected chi connectivity index (χ0v) is 11.7. The zero-order chi connectivity index (χ0) is 15.5. The lowest BCUT2D eigenvalue weighted by atomic mass is 9.76. The van der Waals surface area contributed by atoms with Crippen molar-refractivity contribution in [3.63, 3.8) is 0 Å². The Labute approximate surface area is 127 Å². The number of hydrogen-bond donors (Lipinski definition) is 2. The van der Waals surface area contributed by atoms with Crippen molar-refractivity contribution >= 4 is 23.4 Å². The molecule has 0 saturated heterocycles. The highest BCUT2D eigenvalue weighted by Gasteiger charge is 2.16. The van der Waals surface area contributed by atoms with Crippen LogP contribution >= 0.6 is 0 Å². The fraction of sp³-hybridized carbons (Fsp3) is 0.0588. The lowest BCUT2D eigenvalue weighted by Gasteiger charge is -2.12. The van der Waals surface area contributed by atoms with Crippen molar-refractivity contribution in [1.29, 1.82) is 0 Å². The first kappa shape index (κ1) is 14.6. The minimum atomic E-state index is -1.55. The van der Waals surface area contributed by atoms with E-state index in [0.717, 1.165) is 16.3 Å². The second-order valence-corrected chi connectivity index (χ2v) is 4.98. The first-order valence-electron chi connectivity index (χ1n) is 6.90. The highest BCUT2D eigenvalue weighted by molar-refractivity contribution is 6.62. The van der Waals surface area contributed by atoms with Gasteiger partial charge in [-0.15, -0.1) is 0 Å². The van der Waals surface area contributed by atoms with Crippen molar-refractivity contribution in [3.05, 3.63) is 72.0 Å². The molecular weight excluding hydrogens is 282 g/mol. The molecule has 0 bridgehead atoms. The van der Waals surface area contributed by atoms with Gasteiger partial charge in [-0.05, 0) is 46.1 Å². The number of ether oxygens (including phenoxy) is 1. The molecule has 0 saturated carbocycles. The van der Waals surface area contributed by atoms with Crippen molar-refractivity contribution in [2.45, 2.75) is 6.61 Å². The van der Waals surface area contributed by atoms with Crippen molar-refractivity contribution in [1.82, 2.24) is 0 Å². The Morgan fingerprint density at radius 3 is 2.27 bits per heavy atom. The van der Waals surface area contributed by atoms with Gasteiger partial charge in [0.1, 0.15) is 18.2 Å². The standard InChI is InChI=1S/C17H14BFO3/c19-14-7-9-15(10-8-14)22-11-13-5-1-3-12-4-2-6-16(17(12)13)18(20)21/h1-10,20-21H,11H2. The maximum atomic E-state index is 12.9. The highest BCUT2D eigenvalue weighted by Crippen LogP contribution is 2.20. The Hall–Kier alpha value is -2.37. The first-order chi connectivity index (χ1) is 10.6. The van der Waals surface area contributed by atoms with E-state index in [1.54, 1.807) is 24.3 Å². The third-order valence-electron chi connectivity index (χ3n) is 3.51. The number of benzene rings is 3. The molecule has 2 N–H and O–H groups in total. The minimum absolute atomic E-state index is 0.257. The predicted molar refractivity (Wildman–Crippen MR) is 84.5 cm³/mol. The number of hydrogen-bond acceptors (Lipinski definition) is 3. The molecule has 0 aromatic heterocycles. The summed E-state index contributed by atoms with van der Waals surface area (Å²) in [5.41, 5.74) is 1.28. The molecule has 0 spiro atoms. The van der Waals surface area contributed by atoms with Crippen LogP contribution in [0.4, 0.5) is 4.39 Å². The summed E-state index contributed by atoms with van der Waals surface area (Å²) < 4.78 is 18.5. The summed E-state index contributed by atoms with van der Waals surface area (Å²) in [6, 6.07) is 16.8. The molecule has 0 radical (unpaired) electrons. The average Bonchev–Trinajstić information content (AvgIpc) is 2.53. The van der Waals surface area contributed by atoms with Crippen LogP contribution in [-0.2, 0) is 6.61 Å². The van der Waals surface area contributed by atoms with Crippen molar-refractivity contribution < 1.29 is 19.2 Å². The summed E-state index contributed by atoms with van der Waals surface area (Å²) in [5, 5.41) is 20.7. The molecular formula is C17H14BFO3. The van der Waals surface area contributed by atoms with Gasteiger partial charge in [0, 0.05) is 0 Å². The summed E-state index contributed by atoms with van der Waals surface area (Å²) in [4.78, 5) is 0. The van der Waals surface area contributed by atoms with E-state index in [1.807, 2.05) is 24.3 Å². The van der Waals surface area contributed by atoms with Gasteiger partial charge in [-0.25, -0.2) is 4.39 Å². The van der Waals surface area contributed by atoms with Crippen LogP contribution in [0, 0.1) is 5.82 Å². The van der Waals surface area contributed by atoms with Crippen LogP contribution in [0.25, 0.3) is 10.8 Å². The van der Waals surface area contributed by atoms with Crippen LogP contribution in [0.2, 0.25) is 0 Å². The molecule has 0 amide bonds. The fourth-order valence-electron chi connectivity index (χ4n) is 2.48. The Kier molecular flexibility index (Phi) is 4.09. The maximum absolute atomic E-state index is 12.9. The smallest absolute Gasteiger partial charge is 0.489 e. The second kappa shape index (κ2) is 6.18. The molecule has 5 heteroatoms. The van der Waals surface area contributed by atoms with E-state index in [0.29, 0.717) is 11.2 Å². The Bertz CT molecular complexity index is 782. The van der Waals surface area contributed by atoms with Crippen LogP contribution in [0.3, 0.4) is 0 Å². The van der Waals surface area contributed by atoms with E-state index in [2.05, 4.69) is 0 Å². The predicted octanol–water partition coefficient (Wildman–Crippen LogP) is 2.24. The van der Waals surface area contributed by atoms with Gasteiger partial charge in [0.25, 0.3) is 0 Å². The van der Waals surface area contributed by atoms with E-state index in [4.69, 9.17) is 4.74 Å². The van der Waals surface area contributed by atoms with E-state index >= 15 is 0 Å². The molecule has 22 heavy (non-hydrogen) atoms. The molecule has 0 fully saturated rings. The minimum Gasteiger partial charge on any atom is -0.489 e. The number of fused-ring (bicyclic) bond motifs is 1. The molecule has 0 atom stereocenters. The van der Waals surface area contributed by atoms with Gasteiger partial charge < -0.3 is 14.8 Å². The molecule has 0 heterocycles. The van der Waals surface area contributed by atoms with E-state index < -0.39 is 7.12 Å². The van der Waals surface area contributed by atoms with E-state index in [1.165, 1.54) is 12.1 Å². The number of halogens is 1. The van der Waals surface area contributed by atoms with Crippen LogP contribution in [0.15, 0.2) is 60.7 Å². The number of rotatable bonds is 4. The summed E-state index contributed by atoms with van der Waals surface area (Å²) in [6.07, 6.45) is 0. The van der Waals surface area contributed by atoms with Gasteiger partial charge in [-0.2, -0.15) is 0 Å². The second-order valence-electron chi connectivity index (χ2n) is 4.98. The highest BCUT2D eigenvalue weighted by atomic mass is 19.1. The Balaban J connectivity index is 1.94. The van der Waals surface area contributed by atoms with Crippen LogP contribution in [0.5, 0.6) is 5.75 Å². The van der Waals surface area contributed by atoms with Crippen LogP contribution in [-0.4, -0.2) is 17.2 Å². The quantitative estimate of drug-likeness (QED) is 0.726. The molecule has 0 aliphatic rings. The van der Waals surface area contributed by atoms with Gasteiger partial charge in [-0.3, -0.25) is 0 Å². The molecule has 3 aromatic carbocycles. The summed E-state index contributed by atoms with van der Waals surface area (Å²) in [7, 11) is -1.55. The van der Waals surface area contributed by atoms with Crippen molar-refractivity contribution in [2.24, 2.45) is 0 Å². The fourth-order valence-corrected chi connectivity index (χ4v) is 2.48. The molecule has 0 unspecified atom stereocenters. The maximum Gasteiger partial charge on any atom is 0.489 e. The molecule has 3 aromatic rings. The zero-order valence-electron chi connectivity index (χ0n) is 11.7. The first-order valence-corrected chi connectivity index (χ1v) is 6.90. The SMILES string of the molecule is OB(O)c1cccc2cccc(COc3ccc(F)cc3)c12. The van der Waals surface area contributed by atoms with Crippen LogP contribution < -0.4 is 10.2 Å². The Morgan fingerprint density at radius 1 is 0.909 bits per heavy atom. The summed E-state index contributed by atoms with van der Waals surface area (Å²) in [5.74, 6) is 0.239. The van der Waals surface area contributed by atoms with Gasteiger partial charge in [-0.1, -0.05) is 36.4 Å².